The third-order valence-corrected chi connectivity index (χ3v) is 6.95. The van der Waals surface area contributed by atoms with Gasteiger partial charge >= 0.3 is 0 Å². The average molecular weight is 473 g/mol. The Hall–Kier alpha value is -2.47. The molecule has 0 N–H and O–H groups in total. The Morgan fingerprint density at radius 3 is 1.73 bits per heavy atom. The molecular formula is C24H25BrO5. The van der Waals surface area contributed by atoms with Crippen LogP contribution in [0.4, 0.5) is 0 Å². The summed E-state index contributed by atoms with van der Waals surface area (Å²) in [7, 11) is 6.52. The Balaban J connectivity index is 2.08. The van der Waals surface area contributed by atoms with Gasteiger partial charge in [0.25, 0.3) is 0 Å². The molecule has 0 aliphatic heterocycles. The highest BCUT2D eigenvalue weighted by molar-refractivity contribution is 9.10. The molecule has 1 fully saturated rings. The van der Waals surface area contributed by atoms with Crippen LogP contribution < -0.4 is 18.9 Å². The minimum Gasteiger partial charge on any atom is -0.493 e. The number of carbonyl (C=O) groups excluding carboxylic acids is 1. The van der Waals surface area contributed by atoms with E-state index in [4.69, 9.17) is 18.9 Å². The number of rotatable bonds is 6. The average Bonchev–Trinajstić information content (AvgIpc) is 3.18. The largest absolute Gasteiger partial charge is 0.493 e. The summed E-state index contributed by atoms with van der Waals surface area (Å²) in [4.78, 5) is 12.4. The van der Waals surface area contributed by atoms with Crippen LogP contribution in [-0.2, 0) is 11.2 Å². The molecular weight excluding hydrogens is 448 g/mol. The molecule has 6 heteroatoms. The highest BCUT2D eigenvalue weighted by Crippen LogP contribution is 2.46. The first-order chi connectivity index (χ1) is 14.5. The molecule has 3 aromatic carbocycles. The van der Waals surface area contributed by atoms with Gasteiger partial charge in [0.15, 0.2) is 23.0 Å². The van der Waals surface area contributed by atoms with E-state index in [1.165, 1.54) is 0 Å². The van der Waals surface area contributed by atoms with Crippen molar-refractivity contribution < 1.29 is 23.7 Å². The topological polar surface area (TPSA) is 54.0 Å². The van der Waals surface area contributed by atoms with Crippen molar-refractivity contribution in [2.24, 2.45) is 5.92 Å². The number of halogens is 1. The zero-order chi connectivity index (χ0) is 21.4. The van der Waals surface area contributed by atoms with Crippen LogP contribution in [0.15, 0.2) is 28.7 Å². The number of hydrogen-bond donors (Lipinski definition) is 0. The van der Waals surface area contributed by atoms with Gasteiger partial charge in [-0.2, -0.15) is 0 Å². The third-order valence-electron chi connectivity index (χ3n) is 6.05. The number of benzene rings is 3. The molecule has 1 saturated carbocycles. The second kappa shape index (κ2) is 8.34. The monoisotopic (exact) mass is 472 g/mol. The van der Waals surface area contributed by atoms with E-state index in [1.54, 1.807) is 28.4 Å². The number of Topliss-reactive ketones (excluding diaryl/α,β-unsaturated/α-hetero) is 1. The zero-order valence-corrected chi connectivity index (χ0v) is 19.2. The molecule has 1 aliphatic carbocycles. The van der Waals surface area contributed by atoms with E-state index in [0.717, 1.165) is 44.4 Å². The van der Waals surface area contributed by atoms with E-state index in [-0.39, 0.29) is 5.92 Å². The Morgan fingerprint density at radius 1 is 0.800 bits per heavy atom. The lowest BCUT2D eigenvalue weighted by molar-refractivity contribution is -0.120. The Labute approximate surface area is 184 Å². The van der Waals surface area contributed by atoms with E-state index in [1.807, 2.05) is 24.3 Å². The van der Waals surface area contributed by atoms with Crippen LogP contribution in [0.2, 0.25) is 0 Å². The molecule has 1 aliphatic rings. The molecule has 5 nitrogen and oxygen atoms in total. The predicted octanol–water partition coefficient (Wildman–Crippen LogP) is 5.70. The SMILES string of the molecule is COc1cc2c(Br)c(CC3CCCC3=O)c3cc(OC)c(OC)cc3c2cc1OC. The van der Waals surface area contributed by atoms with Crippen LogP contribution in [0.1, 0.15) is 24.8 Å². The second-order valence-electron chi connectivity index (χ2n) is 7.56. The minimum absolute atomic E-state index is 0.0511. The van der Waals surface area contributed by atoms with Crippen molar-refractivity contribution in [2.45, 2.75) is 25.7 Å². The van der Waals surface area contributed by atoms with Gasteiger partial charge in [-0.25, -0.2) is 0 Å². The summed E-state index contributed by atoms with van der Waals surface area (Å²) in [6.45, 7) is 0. The van der Waals surface area contributed by atoms with Crippen molar-refractivity contribution in [1.82, 2.24) is 0 Å². The van der Waals surface area contributed by atoms with Gasteiger partial charge in [0.1, 0.15) is 5.78 Å². The third kappa shape index (κ3) is 3.37. The molecule has 3 aromatic rings. The Morgan fingerprint density at radius 2 is 1.27 bits per heavy atom. The molecule has 0 spiro atoms. The summed E-state index contributed by atoms with van der Waals surface area (Å²) < 4.78 is 23.2. The number of methoxy groups -OCH3 is 4. The molecule has 158 valence electrons. The summed E-state index contributed by atoms with van der Waals surface area (Å²) in [5.74, 6) is 3.04. The molecule has 1 atom stereocenters. The van der Waals surface area contributed by atoms with Crippen molar-refractivity contribution >= 4 is 43.3 Å². The van der Waals surface area contributed by atoms with Crippen molar-refractivity contribution in [3.05, 3.63) is 34.3 Å². The van der Waals surface area contributed by atoms with E-state index >= 15 is 0 Å². The van der Waals surface area contributed by atoms with Crippen LogP contribution in [0.25, 0.3) is 21.5 Å². The van der Waals surface area contributed by atoms with Crippen LogP contribution in [0.3, 0.4) is 0 Å². The maximum atomic E-state index is 12.4. The van der Waals surface area contributed by atoms with Crippen LogP contribution in [0, 0.1) is 5.92 Å². The minimum atomic E-state index is 0.0511. The standard InChI is InChI=1S/C24H25BrO5/c1-27-20-9-14-15(10-21(20)28-2)17(8-13-6-5-7-19(13)26)24(25)18-12-23(30-4)22(29-3)11-16(14)18/h9-13H,5-8H2,1-4H3. The van der Waals surface area contributed by atoms with Gasteiger partial charge in [0.05, 0.1) is 28.4 Å². The van der Waals surface area contributed by atoms with Crippen LogP contribution in [-0.4, -0.2) is 34.2 Å². The fraction of sp³-hybridized carbons (Fsp3) is 0.375. The fourth-order valence-corrected chi connectivity index (χ4v) is 5.17. The van der Waals surface area contributed by atoms with E-state index in [0.29, 0.717) is 41.6 Å². The Kier molecular flexibility index (Phi) is 5.78. The predicted molar refractivity (Wildman–Crippen MR) is 121 cm³/mol. The molecule has 0 bridgehead atoms. The summed E-state index contributed by atoms with van der Waals surface area (Å²) >= 11 is 3.84. The summed E-state index contributed by atoms with van der Waals surface area (Å²) in [6.07, 6.45) is 3.27. The summed E-state index contributed by atoms with van der Waals surface area (Å²) in [5.41, 5.74) is 1.10. The fourth-order valence-electron chi connectivity index (χ4n) is 4.47. The van der Waals surface area contributed by atoms with Crippen molar-refractivity contribution in [1.29, 1.82) is 0 Å². The normalized spacial score (nSPS) is 16.3. The molecule has 1 unspecified atom stereocenters. The molecule has 4 rings (SSSR count). The molecule has 30 heavy (non-hydrogen) atoms. The van der Waals surface area contributed by atoms with Crippen LogP contribution >= 0.6 is 15.9 Å². The second-order valence-corrected chi connectivity index (χ2v) is 8.35. The first-order valence-electron chi connectivity index (χ1n) is 9.96. The maximum Gasteiger partial charge on any atom is 0.161 e. The number of fused-ring (bicyclic) bond motifs is 3. The van der Waals surface area contributed by atoms with Gasteiger partial charge in [-0.1, -0.05) is 0 Å². The maximum absolute atomic E-state index is 12.4. The number of carbonyl (C=O) groups is 1. The summed E-state index contributed by atoms with van der Waals surface area (Å²) in [6, 6.07) is 7.96. The highest BCUT2D eigenvalue weighted by atomic mass is 79.9. The van der Waals surface area contributed by atoms with Crippen molar-refractivity contribution in [3.63, 3.8) is 0 Å². The molecule has 0 radical (unpaired) electrons. The van der Waals surface area contributed by atoms with Gasteiger partial charge in [-0.3, -0.25) is 4.79 Å². The van der Waals surface area contributed by atoms with Crippen molar-refractivity contribution in [3.8, 4) is 23.0 Å². The smallest absolute Gasteiger partial charge is 0.161 e. The number of ether oxygens (including phenoxy) is 4. The van der Waals surface area contributed by atoms with Gasteiger partial charge in [0.2, 0.25) is 0 Å². The van der Waals surface area contributed by atoms with Gasteiger partial charge in [-0.15, -0.1) is 0 Å². The summed E-state index contributed by atoms with van der Waals surface area (Å²) in [5, 5.41) is 4.08. The van der Waals surface area contributed by atoms with Gasteiger partial charge in [-0.05, 0) is 81.2 Å². The van der Waals surface area contributed by atoms with Gasteiger partial charge < -0.3 is 18.9 Å². The number of ketones is 1. The van der Waals surface area contributed by atoms with Crippen LogP contribution in [0.5, 0.6) is 23.0 Å². The van der Waals surface area contributed by atoms with Gasteiger partial charge in [0, 0.05) is 22.2 Å². The quantitative estimate of drug-likeness (QED) is 0.430. The lowest BCUT2D eigenvalue weighted by Crippen LogP contribution is -2.10. The zero-order valence-electron chi connectivity index (χ0n) is 17.6. The van der Waals surface area contributed by atoms with Crippen molar-refractivity contribution in [2.75, 3.05) is 28.4 Å². The lowest BCUT2D eigenvalue weighted by atomic mass is 9.90. The van der Waals surface area contributed by atoms with E-state index in [9.17, 15) is 4.79 Å². The Bertz CT molecular complexity index is 1140. The number of hydrogen-bond acceptors (Lipinski definition) is 5. The van der Waals surface area contributed by atoms with E-state index in [2.05, 4.69) is 15.9 Å². The molecule has 0 heterocycles. The molecule has 0 saturated heterocycles. The lowest BCUT2D eigenvalue weighted by Gasteiger charge is -2.19. The molecule has 0 amide bonds. The first kappa shape index (κ1) is 20.8. The first-order valence-corrected chi connectivity index (χ1v) is 10.8. The van der Waals surface area contributed by atoms with E-state index < -0.39 is 0 Å². The molecule has 0 aromatic heterocycles. The highest BCUT2D eigenvalue weighted by Gasteiger charge is 2.27.